The lowest BCUT2D eigenvalue weighted by Gasteiger charge is -2.36. The largest absolute Gasteiger partial charge is 0.311 e. The molecule has 0 spiro atoms. The first-order chi connectivity index (χ1) is 10.4. The van der Waals surface area contributed by atoms with E-state index in [0.29, 0.717) is 23.5 Å². The lowest BCUT2D eigenvalue weighted by Crippen LogP contribution is -2.56. The Morgan fingerprint density at radius 1 is 1.32 bits per heavy atom. The van der Waals surface area contributed by atoms with Crippen LogP contribution in [0.2, 0.25) is 0 Å². The number of hydrogen-bond acceptors (Lipinski definition) is 4. The third kappa shape index (κ3) is 2.62. The lowest BCUT2D eigenvalue weighted by atomic mass is 10.2. The normalized spacial score (nSPS) is 23.8. The Morgan fingerprint density at radius 2 is 2.09 bits per heavy atom. The molecule has 2 heterocycles. The van der Waals surface area contributed by atoms with Gasteiger partial charge in [-0.1, -0.05) is 12.1 Å². The van der Waals surface area contributed by atoms with Gasteiger partial charge >= 0.3 is 0 Å². The summed E-state index contributed by atoms with van der Waals surface area (Å²) in [5.41, 5.74) is 1.57. The standard InChI is InChI=1S/C16H21N3O2S/c1-11-7-14-5-4-6-15(16(14)18-8-11)22(20,21)19-10-12(2)17-9-13(19)3/h4-8,12-13,17H,9-10H2,1-3H3. The van der Waals surface area contributed by atoms with E-state index in [0.717, 1.165) is 10.9 Å². The maximum Gasteiger partial charge on any atom is 0.245 e. The van der Waals surface area contributed by atoms with Gasteiger partial charge in [0.1, 0.15) is 4.90 Å². The van der Waals surface area contributed by atoms with Gasteiger partial charge < -0.3 is 5.32 Å². The fourth-order valence-corrected chi connectivity index (χ4v) is 4.79. The Kier molecular flexibility index (Phi) is 3.92. The van der Waals surface area contributed by atoms with E-state index in [9.17, 15) is 8.42 Å². The molecule has 5 nitrogen and oxygen atoms in total. The van der Waals surface area contributed by atoms with Crippen molar-refractivity contribution in [2.45, 2.75) is 37.8 Å². The number of nitrogens with one attached hydrogen (secondary N) is 1. The second kappa shape index (κ2) is 5.61. The first-order valence-corrected chi connectivity index (χ1v) is 8.94. The van der Waals surface area contributed by atoms with Crippen LogP contribution in [0.4, 0.5) is 0 Å². The van der Waals surface area contributed by atoms with E-state index in [1.807, 2.05) is 32.9 Å². The Morgan fingerprint density at radius 3 is 2.86 bits per heavy atom. The summed E-state index contributed by atoms with van der Waals surface area (Å²) >= 11 is 0. The van der Waals surface area contributed by atoms with Crippen LogP contribution in [0.1, 0.15) is 19.4 Å². The summed E-state index contributed by atoms with van der Waals surface area (Å²) < 4.78 is 27.8. The molecule has 0 bridgehead atoms. The van der Waals surface area contributed by atoms with Gasteiger partial charge in [-0.2, -0.15) is 4.31 Å². The number of sulfonamides is 1. The van der Waals surface area contributed by atoms with Gasteiger partial charge in [-0.05, 0) is 38.5 Å². The molecular weight excluding hydrogens is 298 g/mol. The van der Waals surface area contributed by atoms with Crippen LogP contribution in [-0.4, -0.2) is 42.9 Å². The highest BCUT2D eigenvalue weighted by atomic mass is 32.2. The average Bonchev–Trinajstić information content (AvgIpc) is 2.48. The fraction of sp³-hybridized carbons (Fsp3) is 0.438. The monoisotopic (exact) mass is 319 g/mol. The Hall–Kier alpha value is -1.50. The van der Waals surface area contributed by atoms with Crippen LogP contribution in [0, 0.1) is 6.92 Å². The van der Waals surface area contributed by atoms with Crippen LogP contribution in [0.3, 0.4) is 0 Å². The average molecular weight is 319 g/mol. The second-order valence-corrected chi connectivity index (χ2v) is 7.93. The number of benzene rings is 1. The molecular formula is C16H21N3O2S. The number of aryl methyl sites for hydroxylation is 1. The van der Waals surface area contributed by atoms with Gasteiger partial charge in [-0.3, -0.25) is 4.98 Å². The fourth-order valence-electron chi connectivity index (χ4n) is 2.90. The molecule has 22 heavy (non-hydrogen) atoms. The van der Waals surface area contributed by atoms with E-state index < -0.39 is 10.0 Å². The number of piperazine rings is 1. The maximum absolute atomic E-state index is 13.1. The molecule has 2 unspecified atom stereocenters. The molecule has 1 aliphatic rings. The molecule has 0 amide bonds. The smallest absolute Gasteiger partial charge is 0.245 e. The molecule has 1 N–H and O–H groups in total. The molecule has 0 saturated carbocycles. The zero-order chi connectivity index (χ0) is 15.9. The minimum Gasteiger partial charge on any atom is -0.311 e. The van der Waals surface area contributed by atoms with Crippen molar-refractivity contribution in [3.8, 4) is 0 Å². The summed E-state index contributed by atoms with van der Waals surface area (Å²) in [5, 5.41) is 4.17. The van der Waals surface area contributed by atoms with Gasteiger partial charge in [0.2, 0.25) is 10.0 Å². The summed E-state index contributed by atoms with van der Waals surface area (Å²) in [5.74, 6) is 0. The summed E-state index contributed by atoms with van der Waals surface area (Å²) in [6.45, 7) is 7.02. The molecule has 1 aromatic carbocycles. The number of para-hydroxylation sites is 1. The number of fused-ring (bicyclic) bond motifs is 1. The van der Waals surface area contributed by atoms with E-state index in [2.05, 4.69) is 10.3 Å². The minimum absolute atomic E-state index is 0.0677. The first-order valence-electron chi connectivity index (χ1n) is 7.50. The van der Waals surface area contributed by atoms with Gasteiger partial charge in [0.25, 0.3) is 0 Å². The molecule has 1 aromatic heterocycles. The van der Waals surface area contributed by atoms with Crippen molar-refractivity contribution in [2.75, 3.05) is 13.1 Å². The Balaban J connectivity index is 2.13. The van der Waals surface area contributed by atoms with Crippen LogP contribution in [-0.2, 0) is 10.0 Å². The quantitative estimate of drug-likeness (QED) is 0.918. The highest BCUT2D eigenvalue weighted by molar-refractivity contribution is 7.89. The van der Waals surface area contributed by atoms with Gasteiger partial charge in [0, 0.05) is 36.8 Å². The Labute approximate surface area is 131 Å². The summed E-state index contributed by atoms with van der Waals surface area (Å²) in [7, 11) is -3.55. The van der Waals surface area contributed by atoms with Gasteiger partial charge in [0.05, 0.1) is 5.52 Å². The summed E-state index contributed by atoms with van der Waals surface area (Å²) in [4.78, 5) is 4.66. The zero-order valence-electron chi connectivity index (χ0n) is 13.1. The molecule has 0 radical (unpaired) electrons. The van der Waals surface area contributed by atoms with Crippen LogP contribution >= 0.6 is 0 Å². The van der Waals surface area contributed by atoms with Crippen LogP contribution in [0.25, 0.3) is 10.9 Å². The first kappa shape index (κ1) is 15.4. The maximum atomic E-state index is 13.1. The van der Waals surface area contributed by atoms with E-state index in [1.54, 1.807) is 22.6 Å². The van der Waals surface area contributed by atoms with Crippen molar-refractivity contribution >= 4 is 20.9 Å². The van der Waals surface area contributed by atoms with Gasteiger partial charge in [-0.15, -0.1) is 0 Å². The van der Waals surface area contributed by atoms with Crippen molar-refractivity contribution in [1.82, 2.24) is 14.6 Å². The third-order valence-electron chi connectivity index (χ3n) is 4.10. The number of hydrogen-bond donors (Lipinski definition) is 1. The van der Waals surface area contributed by atoms with E-state index >= 15 is 0 Å². The highest BCUT2D eigenvalue weighted by Gasteiger charge is 2.34. The highest BCUT2D eigenvalue weighted by Crippen LogP contribution is 2.27. The number of pyridine rings is 1. The molecule has 1 aliphatic heterocycles. The number of rotatable bonds is 2. The van der Waals surface area contributed by atoms with E-state index in [1.165, 1.54) is 0 Å². The molecule has 2 atom stereocenters. The molecule has 2 aromatic rings. The van der Waals surface area contributed by atoms with Crippen molar-refractivity contribution in [2.24, 2.45) is 0 Å². The lowest BCUT2D eigenvalue weighted by molar-refractivity contribution is 0.245. The number of nitrogens with zero attached hydrogens (tertiary/aromatic N) is 2. The molecule has 0 aliphatic carbocycles. The second-order valence-electron chi connectivity index (χ2n) is 6.07. The topological polar surface area (TPSA) is 62.3 Å². The van der Waals surface area contributed by atoms with Gasteiger partial charge in [-0.25, -0.2) is 8.42 Å². The van der Waals surface area contributed by atoms with Gasteiger partial charge in [0.15, 0.2) is 0 Å². The van der Waals surface area contributed by atoms with Crippen LogP contribution in [0.15, 0.2) is 35.4 Å². The van der Waals surface area contributed by atoms with Crippen molar-refractivity contribution < 1.29 is 8.42 Å². The Bertz CT molecular complexity index is 804. The molecule has 6 heteroatoms. The predicted octanol–water partition coefficient (Wildman–Crippen LogP) is 1.91. The van der Waals surface area contributed by atoms with Crippen molar-refractivity contribution in [1.29, 1.82) is 0 Å². The molecule has 1 fully saturated rings. The molecule has 1 saturated heterocycles. The molecule has 3 rings (SSSR count). The van der Waals surface area contributed by atoms with Crippen LogP contribution in [0.5, 0.6) is 0 Å². The summed E-state index contributed by atoms with van der Waals surface area (Å²) in [6, 6.07) is 7.38. The number of aromatic nitrogens is 1. The van der Waals surface area contributed by atoms with E-state index in [4.69, 9.17) is 0 Å². The molecule has 118 valence electrons. The van der Waals surface area contributed by atoms with Crippen molar-refractivity contribution in [3.05, 3.63) is 36.0 Å². The SMILES string of the molecule is Cc1cnc2c(S(=O)(=O)N3CC(C)NCC3C)cccc2c1. The zero-order valence-corrected chi connectivity index (χ0v) is 13.9. The summed E-state index contributed by atoms with van der Waals surface area (Å²) in [6.07, 6.45) is 1.71. The predicted molar refractivity (Wildman–Crippen MR) is 87.3 cm³/mol. The van der Waals surface area contributed by atoms with Crippen LogP contribution < -0.4 is 5.32 Å². The third-order valence-corrected chi connectivity index (χ3v) is 6.12. The minimum atomic E-state index is -3.55. The van der Waals surface area contributed by atoms with E-state index in [-0.39, 0.29) is 12.1 Å². The van der Waals surface area contributed by atoms with Crippen molar-refractivity contribution in [3.63, 3.8) is 0 Å².